The van der Waals surface area contributed by atoms with Crippen molar-refractivity contribution < 1.29 is 14.3 Å². The van der Waals surface area contributed by atoms with Crippen molar-refractivity contribution in [2.45, 2.75) is 52.7 Å². The molecule has 1 saturated heterocycles. The number of carbonyl (C=O) groups is 1. The second-order valence-corrected chi connectivity index (χ2v) is 5.57. The van der Waals surface area contributed by atoms with Gasteiger partial charge in [-0.1, -0.05) is 27.2 Å². The minimum absolute atomic E-state index is 0.108. The van der Waals surface area contributed by atoms with E-state index in [1.807, 2.05) is 13.8 Å². The van der Waals surface area contributed by atoms with Gasteiger partial charge in [0, 0.05) is 18.9 Å². The van der Waals surface area contributed by atoms with Crippen LogP contribution in [0.25, 0.3) is 0 Å². The molecule has 4 heteroatoms. The third-order valence-electron chi connectivity index (χ3n) is 3.41. The Kier molecular flexibility index (Phi) is 6.09. The van der Waals surface area contributed by atoms with Crippen LogP contribution in [0, 0.1) is 11.8 Å². The summed E-state index contributed by atoms with van der Waals surface area (Å²) in [4.78, 5) is 11.8. The first-order valence-corrected chi connectivity index (χ1v) is 7.02. The normalized spacial score (nSPS) is 21.6. The number of nitrogens with one attached hydrogen (secondary N) is 1. The average Bonchev–Trinajstić information content (AvgIpc) is 2.72. The number of carbonyl (C=O) groups excluding carboxylic acids is 1. The van der Waals surface area contributed by atoms with Crippen LogP contribution in [-0.2, 0) is 14.3 Å². The standard InChI is InChI=1S/C14H27NO3/c1-5-6-12(3)13(16)15-10-11(2)9-14(4)17-7-8-18-14/h11-12H,5-10H2,1-4H3,(H,15,16). The molecule has 1 N–H and O–H groups in total. The molecule has 0 aromatic carbocycles. The van der Waals surface area contributed by atoms with E-state index >= 15 is 0 Å². The van der Waals surface area contributed by atoms with Crippen LogP contribution in [0.5, 0.6) is 0 Å². The van der Waals surface area contributed by atoms with Crippen LogP contribution in [0.4, 0.5) is 0 Å². The van der Waals surface area contributed by atoms with Gasteiger partial charge in [0.25, 0.3) is 0 Å². The molecule has 2 atom stereocenters. The van der Waals surface area contributed by atoms with Crippen LogP contribution < -0.4 is 5.32 Å². The molecule has 0 saturated carbocycles. The second kappa shape index (κ2) is 7.10. The van der Waals surface area contributed by atoms with Crippen LogP contribution in [0.1, 0.15) is 47.0 Å². The molecule has 2 unspecified atom stereocenters. The summed E-state index contributed by atoms with van der Waals surface area (Å²) in [5.74, 6) is 0.156. The topological polar surface area (TPSA) is 47.6 Å². The summed E-state index contributed by atoms with van der Waals surface area (Å²) in [6.07, 6.45) is 2.81. The largest absolute Gasteiger partial charge is 0.356 e. The number of hydrogen-bond acceptors (Lipinski definition) is 3. The van der Waals surface area contributed by atoms with E-state index in [1.54, 1.807) is 0 Å². The molecule has 0 aromatic rings. The Morgan fingerprint density at radius 1 is 1.33 bits per heavy atom. The summed E-state index contributed by atoms with van der Waals surface area (Å²) in [5.41, 5.74) is 0. The van der Waals surface area contributed by atoms with Crippen LogP contribution in [-0.4, -0.2) is 31.5 Å². The van der Waals surface area contributed by atoms with E-state index in [0.717, 1.165) is 19.3 Å². The fourth-order valence-corrected chi connectivity index (χ4v) is 2.39. The number of ether oxygens (including phenoxy) is 2. The molecule has 4 nitrogen and oxygen atoms in total. The minimum Gasteiger partial charge on any atom is -0.356 e. The maximum absolute atomic E-state index is 11.8. The minimum atomic E-state index is -0.459. The molecule has 0 bridgehead atoms. The van der Waals surface area contributed by atoms with Gasteiger partial charge in [0.05, 0.1) is 13.2 Å². The second-order valence-electron chi connectivity index (χ2n) is 5.57. The van der Waals surface area contributed by atoms with Crippen LogP contribution in [0.3, 0.4) is 0 Å². The van der Waals surface area contributed by atoms with Gasteiger partial charge in [0.2, 0.25) is 5.91 Å². The van der Waals surface area contributed by atoms with Gasteiger partial charge in [0.15, 0.2) is 5.79 Å². The first kappa shape index (κ1) is 15.4. The van der Waals surface area contributed by atoms with Crippen molar-refractivity contribution in [3.8, 4) is 0 Å². The van der Waals surface area contributed by atoms with Crippen molar-refractivity contribution in [1.82, 2.24) is 5.32 Å². The predicted molar refractivity (Wildman–Crippen MR) is 71.2 cm³/mol. The van der Waals surface area contributed by atoms with E-state index in [2.05, 4.69) is 19.2 Å². The SMILES string of the molecule is CCCC(C)C(=O)NCC(C)CC1(C)OCCO1. The van der Waals surface area contributed by atoms with Gasteiger partial charge in [0.1, 0.15) is 0 Å². The molecule has 1 amide bonds. The lowest BCUT2D eigenvalue weighted by molar-refractivity contribution is -0.154. The lowest BCUT2D eigenvalue weighted by Crippen LogP contribution is -2.36. The highest BCUT2D eigenvalue weighted by atomic mass is 16.7. The molecule has 0 aromatic heterocycles. The van der Waals surface area contributed by atoms with Gasteiger partial charge in [-0.3, -0.25) is 4.79 Å². The van der Waals surface area contributed by atoms with Crippen LogP contribution in [0.15, 0.2) is 0 Å². The summed E-state index contributed by atoms with van der Waals surface area (Å²) >= 11 is 0. The Labute approximate surface area is 110 Å². The van der Waals surface area contributed by atoms with Gasteiger partial charge in [-0.25, -0.2) is 0 Å². The maximum atomic E-state index is 11.8. The molecule has 0 aliphatic carbocycles. The van der Waals surface area contributed by atoms with Crippen LogP contribution in [0.2, 0.25) is 0 Å². The van der Waals surface area contributed by atoms with Crippen molar-refractivity contribution in [3.05, 3.63) is 0 Å². The summed E-state index contributed by atoms with van der Waals surface area (Å²) in [5, 5.41) is 3.01. The van der Waals surface area contributed by atoms with E-state index in [0.29, 0.717) is 25.7 Å². The first-order valence-electron chi connectivity index (χ1n) is 7.02. The molecule has 18 heavy (non-hydrogen) atoms. The summed E-state index contributed by atoms with van der Waals surface area (Å²) in [7, 11) is 0. The zero-order valence-electron chi connectivity index (χ0n) is 12.1. The number of hydrogen-bond donors (Lipinski definition) is 1. The molecule has 1 rings (SSSR count). The number of amides is 1. The van der Waals surface area contributed by atoms with E-state index in [4.69, 9.17) is 9.47 Å². The Bertz CT molecular complexity index is 262. The number of rotatable bonds is 7. The van der Waals surface area contributed by atoms with E-state index in [-0.39, 0.29) is 11.8 Å². The third kappa shape index (κ3) is 4.94. The summed E-state index contributed by atoms with van der Waals surface area (Å²) < 4.78 is 11.1. The average molecular weight is 257 g/mol. The highest BCUT2D eigenvalue weighted by Gasteiger charge is 2.32. The van der Waals surface area contributed by atoms with Crippen molar-refractivity contribution in [3.63, 3.8) is 0 Å². The van der Waals surface area contributed by atoms with Gasteiger partial charge in [-0.05, 0) is 19.3 Å². The van der Waals surface area contributed by atoms with Crippen molar-refractivity contribution >= 4 is 5.91 Å². The monoisotopic (exact) mass is 257 g/mol. The lowest BCUT2D eigenvalue weighted by atomic mass is 10.0. The lowest BCUT2D eigenvalue weighted by Gasteiger charge is -2.26. The third-order valence-corrected chi connectivity index (χ3v) is 3.41. The molecular formula is C14H27NO3. The van der Waals surface area contributed by atoms with Gasteiger partial charge in [-0.15, -0.1) is 0 Å². The Hall–Kier alpha value is -0.610. The Morgan fingerprint density at radius 3 is 2.50 bits per heavy atom. The molecule has 1 fully saturated rings. The van der Waals surface area contributed by atoms with Gasteiger partial charge in [-0.2, -0.15) is 0 Å². The van der Waals surface area contributed by atoms with Crippen molar-refractivity contribution in [2.24, 2.45) is 11.8 Å². The molecule has 106 valence electrons. The molecule has 0 radical (unpaired) electrons. The summed E-state index contributed by atoms with van der Waals surface area (Å²) in [6, 6.07) is 0. The van der Waals surface area contributed by atoms with Crippen molar-refractivity contribution in [1.29, 1.82) is 0 Å². The molecule has 0 spiro atoms. The fourth-order valence-electron chi connectivity index (χ4n) is 2.39. The highest BCUT2D eigenvalue weighted by molar-refractivity contribution is 5.78. The smallest absolute Gasteiger partial charge is 0.222 e. The molecule has 1 aliphatic rings. The maximum Gasteiger partial charge on any atom is 0.222 e. The fraction of sp³-hybridized carbons (Fsp3) is 0.929. The Balaban J connectivity index is 2.24. The molecule has 1 heterocycles. The van der Waals surface area contributed by atoms with E-state index in [9.17, 15) is 4.79 Å². The zero-order valence-corrected chi connectivity index (χ0v) is 12.1. The molecular weight excluding hydrogens is 230 g/mol. The highest BCUT2D eigenvalue weighted by Crippen LogP contribution is 2.26. The van der Waals surface area contributed by atoms with Gasteiger partial charge < -0.3 is 14.8 Å². The Morgan fingerprint density at radius 2 is 1.94 bits per heavy atom. The van der Waals surface area contributed by atoms with Crippen molar-refractivity contribution in [2.75, 3.05) is 19.8 Å². The van der Waals surface area contributed by atoms with Crippen LogP contribution >= 0.6 is 0 Å². The molecule has 1 aliphatic heterocycles. The first-order chi connectivity index (χ1) is 8.47. The van der Waals surface area contributed by atoms with E-state index < -0.39 is 5.79 Å². The zero-order chi connectivity index (χ0) is 13.6. The predicted octanol–water partition coefficient (Wildman–Crippen LogP) is 2.33. The quantitative estimate of drug-likeness (QED) is 0.761. The van der Waals surface area contributed by atoms with E-state index in [1.165, 1.54) is 0 Å². The summed E-state index contributed by atoms with van der Waals surface area (Å²) in [6.45, 7) is 10.2. The van der Waals surface area contributed by atoms with Gasteiger partial charge >= 0.3 is 0 Å².